The molecule has 10 nitrogen and oxygen atoms in total. The summed E-state index contributed by atoms with van der Waals surface area (Å²) in [7, 11) is 0. The molecule has 0 aliphatic heterocycles. The normalized spacial score (nSPS) is 12.1. The molecule has 182 valence electrons. The fraction of sp³-hybridized carbons (Fsp3) is 0.231. The molecular formula is C26H26N8O2. The molecule has 0 radical (unpaired) electrons. The highest BCUT2D eigenvalue weighted by Gasteiger charge is 2.25. The van der Waals surface area contributed by atoms with Gasteiger partial charge in [0.2, 0.25) is 5.89 Å². The van der Waals surface area contributed by atoms with Gasteiger partial charge in [0.25, 0.3) is 11.4 Å². The average molecular weight is 483 g/mol. The number of nitrogens with one attached hydrogen (secondary N) is 1. The van der Waals surface area contributed by atoms with Gasteiger partial charge in [-0.25, -0.2) is 15.0 Å². The summed E-state index contributed by atoms with van der Waals surface area (Å²) in [6.45, 7) is 7.60. The first kappa shape index (κ1) is 23.2. The molecule has 3 heterocycles. The van der Waals surface area contributed by atoms with Gasteiger partial charge in [0.1, 0.15) is 29.4 Å². The Kier molecular flexibility index (Phi) is 5.93. The largest absolute Gasteiger partial charge is 0.421 e. The monoisotopic (exact) mass is 482 g/mol. The molecule has 0 aliphatic carbocycles. The van der Waals surface area contributed by atoms with Crippen LogP contribution in [0.2, 0.25) is 0 Å². The van der Waals surface area contributed by atoms with Gasteiger partial charge in [-0.05, 0) is 43.5 Å². The van der Waals surface area contributed by atoms with Gasteiger partial charge in [-0.15, -0.1) is 10.2 Å². The van der Waals surface area contributed by atoms with Crippen LogP contribution < -0.4 is 16.6 Å². The van der Waals surface area contributed by atoms with Crippen molar-refractivity contribution in [3.05, 3.63) is 82.0 Å². The van der Waals surface area contributed by atoms with Gasteiger partial charge >= 0.3 is 0 Å². The van der Waals surface area contributed by atoms with E-state index in [9.17, 15) is 4.79 Å². The van der Waals surface area contributed by atoms with E-state index in [4.69, 9.17) is 15.1 Å². The van der Waals surface area contributed by atoms with Gasteiger partial charge < -0.3 is 15.5 Å². The molecular weight excluding hydrogens is 456 g/mol. The molecule has 5 aromatic rings. The first-order chi connectivity index (χ1) is 17.4. The Morgan fingerprint density at radius 1 is 1.03 bits per heavy atom. The molecule has 5 rings (SSSR count). The van der Waals surface area contributed by atoms with Crippen molar-refractivity contribution < 1.29 is 4.42 Å². The van der Waals surface area contributed by atoms with Crippen LogP contribution >= 0.6 is 0 Å². The van der Waals surface area contributed by atoms with Gasteiger partial charge in [-0.3, -0.25) is 9.36 Å². The molecule has 0 fully saturated rings. The van der Waals surface area contributed by atoms with E-state index in [0.717, 1.165) is 16.8 Å². The van der Waals surface area contributed by atoms with Crippen molar-refractivity contribution in [2.45, 2.75) is 40.2 Å². The van der Waals surface area contributed by atoms with E-state index in [-0.39, 0.29) is 17.3 Å². The number of aryl methyl sites for hydroxylation is 3. The number of rotatable bonds is 6. The second-order valence-electron chi connectivity index (χ2n) is 8.58. The van der Waals surface area contributed by atoms with Crippen LogP contribution in [0.4, 0.5) is 11.6 Å². The number of fused-ring (bicyclic) bond motifs is 1. The van der Waals surface area contributed by atoms with Gasteiger partial charge in [0.15, 0.2) is 0 Å². The van der Waals surface area contributed by atoms with Crippen LogP contribution in [0.5, 0.6) is 0 Å². The number of hydrogen-bond acceptors (Lipinski definition) is 9. The molecule has 3 aromatic heterocycles. The lowest BCUT2D eigenvalue weighted by Gasteiger charge is -2.24. The zero-order valence-electron chi connectivity index (χ0n) is 20.5. The Morgan fingerprint density at radius 2 is 1.81 bits per heavy atom. The predicted octanol–water partition coefficient (Wildman–Crippen LogP) is 4.30. The Balaban J connectivity index is 1.73. The highest BCUT2D eigenvalue weighted by Crippen LogP contribution is 2.33. The van der Waals surface area contributed by atoms with Gasteiger partial charge in [0, 0.05) is 6.92 Å². The Labute approximate surface area is 207 Å². The maximum Gasteiger partial charge on any atom is 0.266 e. The topological polar surface area (TPSA) is 138 Å². The van der Waals surface area contributed by atoms with Gasteiger partial charge in [0.05, 0.1) is 22.6 Å². The summed E-state index contributed by atoms with van der Waals surface area (Å²) in [5.74, 6) is 1.77. The average Bonchev–Trinajstić information content (AvgIpc) is 3.28. The van der Waals surface area contributed by atoms with E-state index >= 15 is 0 Å². The van der Waals surface area contributed by atoms with Crippen molar-refractivity contribution >= 4 is 22.5 Å². The quantitative estimate of drug-likeness (QED) is 0.363. The van der Waals surface area contributed by atoms with Crippen LogP contribution in [-0.4, -0.2) is 29.7 Å². The molecule has 0 unspecified atom stereocenters. The fourth-order valence-corrected chi connectivity index (χ4v) is 4.33. The van der Waals surface area contributed by atoms with E-state index < -0.39 is 6.04 Å². The lowest BCUT2D eigenvalue weighted by Crippen LogP contribution is -2.29. The highest BCUT2D eigenvalue weighted by atomic mass is 16.4. The van der Waals surface area contributed by atoms with Crippen molar-refractivity contribution in [1.82, 2.24) is 29.7 Å². The molecule has 0 amide bonds. The Hall–Kier alpha value is -4.60. The molecule has 36 heavy (non-hydrogen) atoms. The number of nitrogens with zero attached hydrogens (tertiary/aromatic N) is 6. The zero-order chi connectivity index (χ0) is 25.4. The van der Waals surface area contributed by atoms with Gasteiger partial charge in [-0.2, -0.15) is 0 Å². The second kappa shape index (κ2) is 9.21. The van der Waals surface area contributed by atoms with Crippen molar-refractivity contribution in [2.75, 3.05) is 11.1 Å². The molecule has 2 aromatic carbocycles. The lowest BCUT2D eigenvalue weighted by molar-refractivity contribution is 0.532. The maximum atomic E-state index is 14.0. The summed E-state index contributed by atoms with van der Waals surface area (Å²) in [4.78, 5) is 27.5. The highest BCUT2D eigenvalue weighted by molar-refractivity contribution is 5.82. The first-order valence-electron chi connectivity index (χ1n) is 11.6. The summed E-state index contributed by atoms with van der Waals surface area (Å²) in [6.07, 6.45) is 1.96. The summed E-state index contributed by atoms with van der Waals surface area (Å²) in [5, 5.41) is 12.0. The van der Waals surface area contributed by atoms with E-state index in [1.165, 1.54) is 6.33 Å². The molecule has 0 saturated carbocycles. The van der Waals surface area contributed by atoms with E-state index in [2.05, 4.69) is 25.5 Å². The molecule has 3 N–H and O–H groups in total. The van der Waals surface area contributed by atoms with Gasteiger partial charge in [-0.1, -0.05) is 37.3 Å². The summed E-state index contributed by atoms with van der Waals surface area (Å²) in [6, 6.07) is 13.0. The molecule has 0 aliphatic rings. The third-order valence-corrected chi connectivity index (χ3v) is 6.14. The van der Waals surface area contributed by atoms with Crippen LogP contribution in [0.15, 0.2) is 58.0 Å². The standard InChI is InChI=1S/C26H26N8O2/c1-5-17(30-23-21(22(27)28-13-29-23)25-33-32-16(4)36-25)24-31-18-11-8-10-15(3)20(18)26(35)34(24)19-12-7-6-9-14(19)2/h6-13,17H,5H2,1-4H3,(H3,27,28,29,30)/t17-/m0/s1. The minimum absolute atomic E-state index is 0.127. The van der Waals surface area contributed by atoms with Crippen LogP contribution in [0, 0.1) is 20.8 Å². The van der Waals surface area contributed by atoms with Crippen LogP contribution in [0.25, 0.3) is 28.0 Å². The van der Waals surface area contributed by atoms with E-state index in [0.29, 0.717) is 40.4 Å². The van der Waals surface area contributed by atoms with Crippen molar-refractivity contribution in [1.29, 1.82) is 0 Å². The van der Waals surface area contributed by atoms with Crippen molar-refractivity contribution in [2.24, 2.45) is 0 Å². The van der Waals surface area contributed by atoms with Crippen LogP contribution in [0.1, 0.15) is 42.2 Å². The molecule has 0 saturated heterocycles. The summed E-state index contributed by atoms with van der Waals surface area (Å²) < 4.78 is 7.31. The Bertz CT molecular complexity index is 1640. The van der Waals surface area contributed by atoms with Crippen molar-refractivity contribution in [3.63, 3.8) is 0 Å². The van der Waals surface area contributed by atoms with Crippen molar-refractivity contribution in [3.8, 4) is 17.1 Å². The number of para-hydroxylation sites is 1. The summed E-state index contributed by atoms with van der Waals surface area (Å²) >= 11 is 0. The SMILES string of the molecule is CC[C@H](Nc1ncnc(N)c1-c1nnc(C)o1)c1nc2cccc(C)c2c(=O)n1-c1ccccc1C. The first-order valence-corrected chi connectivity index (χ1v) is 11.6. The van der Waals surface area contributed by atoms with Crippen LogP contribution in [-0.2, 0) is 0 Å². The zero-order valence-corrected chi connectivity index (χ0v) is 20.5. The maximum absolute atomic E-state index is 14.0. The third-order valence-electron chi connectivity index (χ3n) is 6.14. The third kappa shape index (κ3) is 3.96. The van der Waals surface area contributed by atoms with E-state index in [1.54, 1.807) is 11.5 Å². The number of benzene rings is 2. The fourth-order valence-electron chi connectivity index (χ4n) is 4.33. The number of hydrogen-bond donors (Lipinski definition) is 2. The second-order valence-corrected chi connectivity index (χ2v) is 8.58. The lowest BCUT2D eigenvalue weighted by atomic mass is 10.1. The minimum Gasteiger partial charge on any atom is -0.421 e. The smallest absolute Gasteiger partial charge is 0.266 e. The Morgan fingerprint density at radius 3 is 2.53 bits per heavy atom. The number of nitrogen functional groups attached to an aromatic ring is 1. The molecule has 1 atom stereocenters. The number of nitrogens with two attached hydrogens (primary N) is 1. The molecule has 0 bridgehead atoms. The van der Waals surface area contributed by atoms with E-state index in [1.807, 2.05) is 63.2 Å². The molecule has 0 spiro atoms. The number of aromatic nitrogens is 6. The predicted molar refractivity (Wildman–Crippen MR) is 138 cm³/mol. The minimum atomic E-state index is -0.403. The molecule has 10 heteroatoms. The number of anilines is 2. The summed E-state index contributed by atoms with van der Waals surface area (Å²) in [5.41, 5.74) is 9.69. The van der Waals surface area contributed by atoms with Crippen LogP contribution in [0.3, 0.4) is 0 Å².